The van der Waals surface area contributed by atoms with Crippen molar-refractivity contribution in [2.45, 2.75) is 25.7 Å². The molecule has 3 nitrogen and oxygen atoms in total. The van der Waals surface area contributed by atoms with Crippen molar-refractivity contribution in [3.8, 4) is 0 Å². The summed E-state index contributed by atoms with van der Waals surface area (Å²) in [4.78, 5) is 27.5. The Bertz CT molecular complexity index is 783. The van der Waals surface area contributed by atoms with Crippen molar-refractivity contribution in [3.05, 3.63) is 52.6 Å². The van der Waals surface area contributed by atoms with Crippen molar-refractivity contribution in [1.29, 1.82) is 0 Å². The minimum Gasteiger partial charge on any atom is -0.274 e. The van der Waals surface area contributed by atoms with Crippen LogP contribution in [0.4, 0.5) is 5.69 Å². The second-order valence-electron chi connectivity index (χ2n) is 7.25. The number of halogens is 1. The fourth-order valence-corrected chi connectivity index (χ4v) is 5.38. The van der Waals surface area contributed by atoms with Crippen molar-refractivity contribution >= 4 is 29.1 Å². The Hall–Kier alpha value is -1.87. The quantitative estimate of drug-likeness (QED) is 0.570. The third-order valence-electron chi connectivity index (χ3n) is 6.10. The first-order valence-electron chi connectivity index (χ1n) is 8.70. The summed E-state index contributed by atoms with van der Waals surface area (Å²) in [7, 11) is 0. The van der Waals surface area contributed by atoms with Gasteiger partial charge in [0, 0.05) is 16.9 Å². The number of hydrogen-bond acceptors (Lipinski definition) is 2. The lowest BCUT2D eigenvalue weighted by molar-refractivity contribution is -0.122. The smallest absolute Gasteiger partial charge is 0.238 e. The highest BCUT2D eigenvalue weighted by atomic mass is 35.5. The van der Waals surface area contributed by atoms with E-state index in [0.29, 0.717) is 10.7 Å². The van der Waals surface area contributed by atoms with Gasteiger partial charge in [-0.2, -0.15) is 0 Å². The number of benzene rings is 1. The zero-order chi connectivity index (χ0) is 16.4. The average molecular weight is 340 g/mol. The number of amides is 2. The number of fused-ring (bicyclic) bond motifs is 5. The number of imide groups is 1. The van der Waals surface area contributed by atoms with Gasteiger partial charge in [-0.05, 0) is 43.9 Å². The molecule has 4 atom stereocenters. The lowest BCUT2D eigenvalue weighted by Gasteiger charge is -2.20. The summed E-state index contributed by atoms with van der Waals surface area (Å²) in [5.41, 5.74) is 3.51. The van der Waals surface area contributed by atoms with Gasteiger partial charge in [0.2, 0.25) is 11.8 Å². The van der Waals surface area contributed by atoms with Gasteiger partial charge in [0.25, 0.3) is 0 Å². The summed E-state index contributed by atoms with van der Waals surface area (Å²) in [6, 6.07) is 7.02. The van der Waals surface area contributed by atoms with E-state index in [1.54, 1.807) is 24.3 Å². The maximum absolute atomic E-state index is 13.1. The van der Waals surface area contributed by atoms with Gasteiger partial charge in [-0.15, -0.1) is 0 Å². The molecule has 2 amide bonds. The Labute approximate surface area is 146 Å². The topological polar surface area (TPSA) is 37.4 Å². The molecule has 0 radical (unpaired) electrons. The van der Waals surface area contributed by atoms with Crippen LogP contribution in [0.3, 0.4) is 0 Å². The highest BCUT2D eigenvalue weighted by Gasteiger charge is 2.62. The third-order valence-corrected chi connectivity index (χ3v) is 6.33. The van der Waals surface area contributed by atoms with Gasteiger partial charge in [0.05, 0.1) is 17.5 Å². The molecule has 1 aliphatic heterocycles. The van der Waals surface area contributed by atoms with Crippen molar-refractivity contribution in [2.75, 3.05) is 4.90 Å². The van der Waals surface area contributed by atoms with Crippen LogP contribution in [0.15, 0.2) is 47.6 Å². The molecule has 4 heteroatoms. The fraction of sp³-hybridized carbons (Fsp3) is 0.400. The van der Waals surface area contributed by atoms with Crippen LogP contribution >= 0.6 is 11.6 Å². The minimum atomic E-state index is -0.213. The summed E-state index contributed by atoms with van der Waals surface area (Å²) in [5, 5.41) is 0.542. The predicted molar refractivity (Wildman–Crippen MR) is 92.5 cm³/mol. The molecule has 3 fully saturated rings. The van der Waals surface area contributed by atoms with E-state index in [0.717, 1.165) is 12.8 Å². The second-order valence-corrected chi connectivity index (χ2v) is 7.68. The molecule has 1 saturated heterocycles. The van der Waals surface area contributed by atoms with Gasteiger partial charge in [-0.3, -0.25) is 9.59 Å². The van der Waals surface area contributed by atoms with Crippen LogP contribution in [0, 0.1) is 23.7 Å². The molecule has 0 N–H and O–H groups in total. The van der Waals surface area contributed by atoms with Crippen LogP contribution < -0.4 is 4.90 Å². The standard InChI is InChI=1S/C20H18ClNO2/c21-12-6-3-7-13(10-12)22-19(23)17-14-8-9-15(18(17)20(22)24)16(14)11-4-1-2-5-11/h3,6-10,14-15,17-18H,1-2,4-5H2/t14-,15+,17+,18-. The average Bonchev–Trinajstić information content (AvgIpc) is 3.30. The zero-order valence-electron chi connectivity index (χ0n) is 13.2. The molecule has 2 saturated carbocycles. The number of carbonyl (C=O) groups is 2. The molecule has 0 spiro atoms. The Balaban J connectivity index is 1.56. The van der Waals surface area contributed by atoms with Gasteiger partial charge in [-0.1, -0.05) is 41.0 Å². The van der Waals surface area contributed by atoms with Crippen molar-refractivity contribution in [1.82, 2.24) is 0 Å². The van der Waals surface area contributed by atoms with Crippen LogP contribution in [0.1, 0.15) is 25.7 Å². The van der Waals surface area contributed by atoms with Gasteiger partial charge in [0.1, 0.15) is 0 Å². The number of allylic oxidation sites excluding steroid dienone is 4. The highest BCUT2D eigenvalue weighted by molar-refractivity contribution is 6.31. The molecule has 1 aromatic carbocycles. The molecule has 5 rings (SSSR count). The molecular weight excluding hydrogens is 322 g/mol. The molecule has 2 bridgehead atoms. The van der Waals surface area contributed by atoms with E-state index in [1.165, 1.54) is 28.9 Å². The first-order chi connectivity index (χ1) is 11.7. The summed E-state index contributed by atoms with van der Waals surface area (Å²) in [6.45, 7) is 0. The summed E-state index contributed by atoms with van der Waals surface area (Å²) in [5.74, 6) is -0.271. The van der Waals surface area contributed by atoms with Gasteiger partial charge in [0.15, 0.2) is 0 Å². The minimum absolute atomic E-state index is 0.0554. The van der Waals surface area contributed by atoms with Gasteiger partial charge >= 0.3 is 0 Å². The van der Waals surface area contributed by atoms with E-state index < -0.39 is 0 Å². The van der Waals surface area contributed by atoms with Crippen LogP contribution in [-0.2, 0) is 9.59 Å². The Morgan fingerprint density at radius 1 is 0.958 bits per heavy atom. The lowest BCUT2D eigenvalue weighted by atomic mass is 9.85. The molecular formula is C20H18ClNO2. The molecule has 1 aromatic rings. The Morgan fingerprint density at radius 3 is 2.17 bits per heavy atom. The lowest BCUT2D eigenvalue weighted by Crippen LogP contribution is -2.33. The molecule has 122 valence electrons. The van der Waals surface area contributed by atoms with Crippen LogP contribution in [0.25, 0.3) is 0 Å². The first kappa shape index (κ1) is 14.5. The summed E-state index contributed by atoms with van der Waals surface area (Å²) in [6.07, 6.45) is 9.10. The van der Waals surface area contributed by atoms with Crippen LogP contribution in [-0.4, -0.2) is 11.8 Å². The van der Waals surface area contributed by atoms with E-state index in [4.69, 9.17) is 11.6 Å². The number of anilines is 1. The maximum Gasteiger partial charge on any atom is 0.238 e. The predicted octanol–water partition coefficient (Wildman–Crippen LogP) is 4.13. The molecule has 4 aliphatic rings. The second kappa shape index (κ2) is 5.06. The molecule has 1 heterocycles. The zero-order valence-corrected chi connectivity index (χ0v) is 14.0. The van der Waals surface area contributed by atoms with Crippen molar-refractivity contribution in [3.63, 3.8) is 0 Å². The van der Waals surface area contributed by atoms with E-state index in [1.807, 2.05) is 0 Å². The molecule has 24 heavy (non-hydrogen) atoms. The Morgan fingerprint density at radius 2 is 1.58 bits per heavy atom. The summed E-state index contributed by atoms with van der Waals surface area (Å²) >= 11 is 6.05. The largest absolute Gasteiger partial charge is 0.274 e. The van der Waals surface area contributed by atoms with Gasteiger partial charge in [-0.25, -0.2) is 4.90 Å². The third kappa shape index (κ3) is 1.79. The fourth-order valence-electron chi connectivity index (χ4n) is 5.19. The normalized spacial score (nSPS) is 34.0. The first-order valence-corrected chi connectivity index (χ1v) is 9.08. The van der Waals surface area contributed by atoms with E-state index in [2.05, 4.69) is 12.2 Å². The van der Waals surface area contributed by atoms with Crippen molar-refractivity contribution in [2.24, 2.45) is 23.7 Å². The Kier molecular flexibility index (Phi) is 3.05. The molecule has 0 aromatic heterocycles. The van der Waals surface area contributed by atoms with E-state index in [9.17, 15) is 9.59 Å². The molecule has 0 unspecified atom stereocenters. The maximum atomic E-state index is 13.1. The van der Waals surface area contributed by atoms with Gasteiger partial charge < -0.3 is 0 Å². The number of hydrogen-bond donors (Lipinski definition) is 0. The SMILES string of the molecule is O=C1[C@@H]2[C@H](C(=O)N1c1cccc(Cl)c1)[C@H]1C=C[C@@H]2C1=C1CCCC1. The van der Waals surface area contributed by atoms with Crippen LogP contribution in [0.5, 0.6) is 0 Å². The number of carbonyl (C=O) groups excluding carboxylic acids is 2. The monoisotopic (exact) mass is 339 g/mol. The van der Waals surface area contributed by atoms with Crippen LogP contribution in [0.2, 0.25) is 5.02 Å². The summed E-state index contributed by atoms with van der Waals surface area (Å²) < 4.78 is 0. The number of rotatable bonds is 1. The highest BCUT2D eigenvalue weighted by Crippen LogP contribution is 2.58. The molecule has 3 aliphatic carbocycles. The van der Waals surface area contributed by atoms with E-state index >= 15 is 0 Å². The van der Waals surface area contributed by atoms with Crippen molar-refractivity contribution < 1.29 is 9.59 Å². The number of nitrogens with zero attached hydrogens (tertiary/aromatic N) is 1. The van der Waals surface area contributed by atoms with E-state index in [-0.39, 0.29) is 35.5 Å².